The van der Waals surface area contributed by atoms with Gasteiger partial charge in [-0.25, -0.2) is 9.36 Å². The van der Waals surface area contributed by atoms with Gasteiger partial charge in [0.1, 0.15) is 17.9 Å². The highest BCUT2D eigenvalue weighted by Gasteiger charge is 2.33. The van der Waals surface area contributed by atoms with E-state index in [9.17, 15) is 18.9 Å². The second-order valence-electron chi connectivity index (χ2n) is 6.82. The number of carboxylic acids is 1. The zero-order chi connectivity index (χ0) is 22.6. The van der Waals surface area contributed by atoms with Gasteiger partial charge in [-0.05, 0) is 32.1 Å². The number of carbonyl (C=O) groups is 1. The van der Waals surface area contributed by atoms with Gasteiger partial charge < -0.3 is 14.4 Å². The predicted octanol–water partition coefficient (Wildman–Crippen LogP) is 1.57. The molecule has 1 aliphatic rings. The predicted molar refractivity (Wildman–Crippen MR) is 110 cm³/mol. The minimum atomic E-state index is -4.08. The third-order valence-electron chi connectivity index (χ3n) is 4.32. The molecule has 2 heterocycles. The van der Waals surface area contributed by atoms with Crippen molar-refractivity contribution in [1.82, 2.24) is 14.6 Å². The van der Waals surface area contributed by atoms with Gasteiger partial charge in [-0.2, -0.15) is 5.09 Å². The fraction of sp³-hybridized carbons (Fsp3) is 0.316. The third-order valence-corrected chi connectivity index (χ3v) is 5.97. The molecule has 11 nitrogen and oxygen atoms in total. The highest BCUT2D eigenvalue weighted by atomic mass is 31.2. The van der Waals surface area contributed by atoms with Crippen molar-refractivity contribution < 1.29 is 28.3 Å². The van der Waals surface area contributed by atoms with Gasteiger partial charge in [0, 0.05) is 11.8 Å². The van der Waals surface area contributed by atoms with Gasteiger partial charge in [0.05, 0.1) is 6.61 Å². The fourth-order valence-electron chi connectivity index (χ4n) is 2.69. The van der Waals surface area contributed by atoms with Crippen molar-refractivity contribution in [2.45, 2.75) is 32.2 Å². The van der Waals surface area contributed by atoms with Crippen molar-refractivity contribution in [3.8, 4) is 5.75 Å². The lowest BCUT2D eigenvalue weighted by Crippen LogP contribution is -2.35. The van der Waals surface area contributed by atoms with Crippen molar-refractivity contribution >= 4 is 13.7 Å². The summed E-state index contributed by atoms with van der Waals surface area (Å²) in [5.74, 6) is -1.00. The molecule has 0 saturated carbocycles. The monoisotopic (exact) mass is 451 g/mol. The van der Waals surface area contributed by atoms with Gasteiger partial charge in [-0.1, -0.05) is 24.3 Å². The number of aliphatic carboxylic acids is 1. The van der Waals surface area contributed by atoms with Crippen LogP contribution in [0.25, 0.3) is 0 Å². The number of H-pyrrole nitrogens is 1. The Balaban J connectivity index is 1.69. The number of nitrogens with zero attached hydrogens (tertiary/aromatic N) is 1. The molecular formula is C19H22N3O8P. The molecule has 166 valence electrons. The Morgan fingerprint density at radius 2 is 2.03 bits per heavy atom. The van der Waals surface area contributed by atoms with Gasteiger partial charge in [0.2, 0.25) is 0 Å². The normalized spacial score (nSPS) is 20.8. The van der Waals surface area contributed by atoms with E-state index in [1.165, 1.54) is 17.7 Å². The molecule has 0 fully saturated rings. The van der Waals surface area contributed by atoms with Gasteiger partial charge in [-0.3, -0.25) is 23.7 Å². The average molecular weight is 451 g/mol. The summed E-state index contributed by atoms with van der Waals surface area (Å²) in [5, 5.41) is 11.5. The van der Waals surface area contributed by atoms with Crippen LogP contribution in [0.15, 0.2) is 58.3 Å². The zero-order valence-corrected chi connectivity index (χ0v) is 17.7. The lowest BCUT2D eigenvalue weighted by Gasteiger charge is -2.23. The summed E-state index contributed by atoms with van der Waals surface area (Å²) in [4.78, 5) is 36.9. The van der Waals surface area contributed by atoms with Gasteiger partial charge >= 0.3 is 19.4 Å². The molecule has 31 heavy (non-hydrogen) atoms. The lowest BCUT2D eigenvalue weighted by atomic mass is 10.3. The maximum absolute atomic E-state index is 13.1. The van der Waals surface area contributed by atoms with E-state index in [-0.39, 0.29) is 12.4 Å². The Bertz CT molecular complexity index is 1130. The molecule has 0 aliphatic carbocycles. The SMILES string of the molecule is Cc1cn([C@H]2C=CC(COP(=O)(NC(C)C(=O)O)Oc3ccccc3)O2)c(=O)[nH]c1=O. The molecule has 4 atom stereocenters. The Labute approximate surface area is 176 Å². The second kappa shape index (κ2) is 9.44. The molecule has 2 aromatic rings. The molecule has 1 aromatic heterocycles. The van der Waals surface area contributed by atoms with Gasteiger partial charge in [0.15, 0.2) is 6.23 Å². The first-order valence-corrected chi connectivity index (χ1v) is 10.9. The Kier molecular flexibility index (Phi) is 6.91. The summed E-state index contributed by atoms with van der Waals surface area (Å²) >= 11 is 0. The Morgan fingerprint density at radius 1 is 1.32 bits per heavy atom. The topological polar surface area (TPSA) is 149 Å². The van der Waals surface area contributed by atoms with Gasteiger partial charge in [-0.15, -0.1) is 0 Å². The number of aromatic amines is 1. The van der Waals surface area contributed by atoms with E-state index < -0.39 is 43.3 Å². The average Bonchev–Trinajstić information content (AvgIpc) is 3.19. The molecule has 0 radical (unpaired) electrons. The van der Waals surface area contributed by atoms with Crippen molar-refractivity contribution in [1.29, 1.82) is 0 Å². The number of hydrogen-bond acceptors (Lipinski definition) is 7. The van der Waals surface area contributed by atoms with Crippen LogP contribution in [0.5, 0.6) is 5.75 Å². The molecule has 3 rings (SSSR count). The van der Waals surface area contributed by atoms with Crippen LogP contribution in [0.2, 0.25) is 0 Å². The first-order valence-electron chi connectivity index (χ1n) is 9.32. The van der Waals surface area contributed by atoms with Crippen LogP contribution in [0, 0.1) is 6.92 Å². The highest BCUT2D eigenvalue weighted by molar-refractivity contribution is 7.52. The maximum Gasteiger partial charge on any atom is 0.459 e. The first kappa shape index (κ1) is 22.7. The molecule has 1 aliphatic heterocycles. The van der Waals surface area contributed by atoms with Crippen LogP contribution in [0.3, 0.4) is 0 Å². The molecule has 0 saturated heterocycles. The van der Waals surface area contributed by atoms with E-state index in [4.69, 9.17) is 18.9 Å². The molecular weight excluding hydrogens is 429 g/mol. The molecule has 1 aromatic carbocycles. The number of hydrogen-bond donors (Lipinski definition) is 3. The number of aromatic nitrogens is 2. The number of carboxylic acid groups (broad SMARTS) is 1. The Morgan fingerprint density at radius 3 is 2.71 bits per heavy atom. The third kappa shape index (κ3) is 5.80. The van der Waals surface area contributed by atoms with Crippen LogP contribution >= 0.6 is 7.75 Å². The van der Waals surface area contributed by atoms with Crippen LogP contribution in [-0.4, -0.2) is 39.4 Å². The fourth-order valence-corrected chi connectivity index (χ4v) is 4.20. The van der Waals surface area contributed by atoms with Crippen molar-refractivity contribution in [2.24, 2.45) is 0 Å². The number of aryl methyl sites for hydroxylation is 1. The number of benzene rings is 1. The first-order chi connectivity index (χ1) is 14.7. The van der Waals surface area contributed by atoms with Crippen molar-refractivity contribution in [3.05, 3.63) is 75.1 Å². The molecule has 12 heteroatoms. The van der Waals surface area contributed by atoms with Gasteiger partial charge in [0.25, 0.3) is 5.56 Å². The van der Waals surface area contributed by atoms with Crippen LogP contribution in [-0.2, 0) is 18.6 Å². The maximum atomic E-state index is 13.1. The molecule has 0 spiro atoms. The standard InChI is InChI=1S/C19H22N3O8P/c1-12-10-22(19(26)20-17(12)23)16-9-8-15(29-16)11-28-31(27,21-13(2)18(24)25)30-14-6-4-3-5-7-14/h3-10,13,15-16H,11H2,1-2H3,(H,21,27)(H,24,25)(H,20,23,26)/t13?,15?,16-,31?/m1/s1. The molecule has 3 N–H and O–H groups in total. The van der Waals surface area contributed by atoms with Crippen LogP contribution in [0.4, 0.5) is 0 Å². The quantitative estimate of drug-likeness (QED) is 0.381. The molecule has 3 unspecified atom stereocenters. The van der Waals surface area contributed by atoms with E-state index in [1.807, 2.05) is 0 Å². The van der Waals surface area contributed by atoms with E-state index in [0.717, 1.165) is 0 Å². The molecule has 0 amide bonds. The summed E-state index contributed by atoms with van der Waals surface area (Å²) in [6.45, 7) is 2.62. The Hall–Kier alpha value is -2.98. The number of para-hydroxylation sites is 1. The van der Waals surface area contributed by atoms with E-state index >= 15 is 0 Å². The van der Waals surface area contributed by atoms with Crippen molar-refractivity contribution in [3.63, 3.8) is 0 Å². The summed E-state index contributed by atoms with van der Waals surface area (Å²) in [5.41, 5.74) is -0.786. The second-order valence-corrected chi connectivity index (χ2v) is 8.51. The minimum absolute atomic E-state index is 0.229. The van der Waals surface area contributed by atoms with Crippen LogP contribution < -0.4 is 20.9 Å². The summed E-state index contributed by atoms with van der Waals surface area (Å²) in [6.07, 6.45) is 3.07. The largest absolute Gasteiger partial charge is 0.480 e. The summed E-state index contributed by atoms with van der Waals surface area (Å²) in [7, 11) is -4.08. The van der Waals surface area contributed by atoms with E-state index in [2.05, 4.69) is 10.1 Å². The number of rotatable bonds is 9. The van der Waals surface area contributed by atoms with Crippen molar-refractivity contribution in [2.75, 3.05) is 6.61 Å². The number of ether oxygens (including phenoxy) is 1. The number of nitrogens with one attached hydrogen (secondary N) is 2. The van der Waals surface area contributed by atoms with Crippen LogP contribution in [0.1, 0.15) is 18.7 Å². The van der Waals surface area contributed by atoms with E-state index in [0.29, 0.717) is 5.56 Å². The molecule has 0 bridgehead atoms. The highest BCUT2D eigenvalue weighted by Crippen LogP contribution is 2.45. The van der Waals surface area contributed by atoms with E-state index in [1.54, 1.807) is 49.4 Å². The summed E-state index contributed by atoms with van der Waals surface area (Å²) in [6, 6.07) is 6.97. The lowest BCUT2D eigenvalue weighted by molar-refractivity contribution is -0.138. The zero-order valence-electron chi connectivity index (χ0n) is 16.8. The smallest absolute Gasteiger partial charge is 0.459 e. The minimum Gasteiger partial charge on any atom is -0.480 e. The summed E-state index contributed by atoms with van der Waals surface area (Å²) < 4.78 is 30.9.